The summed E-state index contributed by atoms with van der Waals surface area (Å²) in [5.41, 5.74) is 4.31. The second-order valence-electron chi connectivity index (χ2n) is 8.54. The van der Waals surface area contributed by atoms with E-state index in [0.29, 0.717) is 32.7 Å². The maximum Gasteiger partial charge on any atom is 0.412 e. The molecule has 3 heterocycles. The number of ether oxygens (including phenoxy) is 3. The predicted molar refractivity (Wildman–Crippen MR) is 131 cm³/mol. The fourth-order valence-corrected chi connectivity index (χ4v) is 4.51. The number of carbonyl (C=O) groups is 1. The third kappa shape index (κ3) is 4.35. The van der Waals surface area contributed by atoms with Crippen molar-refractivity contribution in [1.82, 2.24) is 14.3 Å². The topological polar surface area (TPSA) is 77.3 Å². The molecule has 0 bridgehead atoms. The van der Waals surface area contributed by atoms with Gasteiger partial charge in [0.15, 0.2) is 5.65 Å². The molecule has 8 nitrogen and oxygen atoms in total. The number of anilines is 1. The normalized spacial score (nSPS) is 19.5. The molecule has 1 N–H and O–H groups in total. The average Bonchev–Trinajstić information content (AvgIpc) is 3.14. The summed E-state index contributed by atoms with van der Waals surface area (Å²) >= 11 is 0. The fourth-order valence-electron chi connectivity index (χ4n) is 4.51. The Hall–Kier alpha value is -3.10. The van der Waals surface area contributed by atoms with E-state index in [-0.39, 0.29) is 12.2 Å². The highest BCUT2D eigenvalue weighted by Gasteiger charge is 2.46. The van der Waals surface area contributed by atoms with E-state index in [1.54, 1.807) is 12.0 Å². The third-order valence-corrected chi connectivity index (χ3v) is 6.58. The van der Waals surface area contributed by atoms with Crippen molar-refractivity contribution in [3.05, 3.63) is 65.1 Å². The summed E-state index contributed by atoms with van der Waals surface area (Å²) in [6, 6.07) is 11.9. The number of fused-ring (bicyclic) bond motifs is 3. The lowest BCUT2D eigenvalue weighted by atomic mass is 9.88. The minimum absolute atomic E-state index is 0.321. The first-order valence-electron chi connectivity index (χ1n) is 11.8. The summed E-state index contributed by atoms with van der Waals surface area (Å²) in [6.07, 6.45) is 1.74. The molecule has 4 rings (SSSR count). The number of nitrogens with one attached hydrogen (secondary N) is 1. The first-order chi connectivity index (χ1) is 16.4. The lowest BCUT2D eigenvalue weighted by molar-refractivity contribution is -0.0612. The van der Waals surface area contributed by atoms with E-state index in [0.717, 1.165) is 33.8 Å². The Morgan fingerprint density at radius 3 is 2.59 bits per heavy atom. The number of rotatable bonds is 8. The van der Waals surface area contributed by atoms with Crippen LogP contribution in [-0.2, 0) is 19.9 Å². The number of methoxy groups -OCH3 is 1. The van der Waals surface area contributed by atoms with Crippen LogP contribution in [0.15, 0.2) is 42.6 Å². The highest BCUT2D eigenvalue weighted by molar-refractivity contribution is 5.77. The Labute approximate surface area is 200 Å². The summed E-state index contributed by atoms with van der Waals surface area (Å²) in [4.78, 5) is 19.7. The number of aromatic nitrogens is 2. The Morgan fingerprint density at radius 2 is 1.91 bits per heavy atom. The molecule has 0 aliphatic carbocycles. The summed E-state index contributed by atoms with van der Waals surface area (Å²) in [5, 5.41) is 3.60. The van der Waals surface area contributed by atoms with Gasteiger partial charge in [0.05, 0.1) is 30.7 Å². The molecule has 1 amide bonds. The van der Waals surface area contributed by atoms with Gasteiger partial charge in [-0.05, 0) is 33.8 Å². The molecular formula is C26H34N4O4. The molecule has 2 aromatic heterocycles. The van der Waals surface area contributed by atoms with Crippen molar-refractivity contribution in [1.29, 1.82) is 0 Å². The van der Waals surface area contributed by atoms with E-state index in [1.165, 1.54) is 0 Å². The minimum atomic E-state index is -1.12. The van der Waals surface area contributed by atoms with Crippen LogP contribution in [0.3, 0.4) is 0 Å². The first-order valence-corrected chi connectivity index (χ1v) is 11.8. The van der Waals surface area contributed by atoms with Gasteiger partial charge in [-0.3, -0.25) is 0 Å². The van der Waals surface area contributed by atoms with Crippen molar-refractivity contribution < 1.29 is 19.0 Å². The van der Waals surface area contributed by atoms with E-state index >= 15 is 0 Å². The fraction of sp³-hybridized carbons (Fsp3) is 0.462. The van der Waals surface area contributed by atoms with Gasteiger partial charge in [-0.25, -0.2) is 9.78 Å². The summed E-state index contributed by atoms with van der Waals surface area (Å²) < 4.78 is 19.9. The van der Waals surface area contributed by atoms with Crippen LogP contribution < -0.4 is 5.32 Å². The molecule has 3 aromatic rings. The Bertz CT molecular complexity index is 1140. The van der Waals surface area contributed by atoms with Crippen molar-refractivity contribution in [2.24, 2.45) is 0 Å². The van der Waals surface area contributed by atoms with Crippen LogP contribution in [0.2, 0.25) is 0 Å². The zero-order valence-electron chi connectivity index (χ0n) is 20.6. The molecule has 34 heavy (non-hydrogen) atoms. The highest BCUT2D eigenvalue weighted by atomic mass is 16.6. The van der Waals surface area contributed by atoms with Gasteiger partial charge in [0, 0.05) is 49.6 Å². The monoisotopic (exact) mass is 466 g/mol. The van der Waals surface area contributed by atoms with Crippen molar-refractivity contribution >= 4 is 17.4 Å². The molecule has 2 atom stereocenters. The Balaban J connectivity index is 1.87. The number of carbonyl (C=O) groups excluding carboxylic acids is 1. The number of imidazole rings is 1. The largest absolute Gasteiger partial charge is 0.418 e. The number of hydrogen-bond donors (Lipinski definition) is 1. The molecule has 0 saturated heterocycles. The number of hydrogen-bond acceptors (Lipinski definition) is 6. The van der Waals surface area contributed by atoms with E-state index in [9.17, 15) is 4.79 Å². The van der Waals surface area contributed by atoms with Crippen molar-refractivity contribution in [2.75, 3.05) is 38.7 Å². The van der Waals surface area contributed by atoms with Gasteiger partial charge >= 0.3 is 6.09 Å². The lowest BCUT2D eigenvalue weighted by Crippen LogP contribution is -2.48. The molecule has 1 aliphatic rings. The van der Waals surface area contributed by atoms with Crippen LogP contribution in [-0.4, -0.2) is 53.8 Å². The SMILES string of the molecule is CCN(CC)C(=O)O[C@@]1(c2ccccc2)C[C@@H](OCCOC)c2ccn3c(C)c(C)nc3c2N1. The van der Waals surface area contributed by atoms with Crippen LogP contribution in [0, 0.1) is 13.8 Å². The number of aryl methyl sites for hydroxylation is 2. The van der Waals surface area contributed by atoms with Gasteiger partial charge in [0.1, 0.15) is 0 Å². The number of benzene rings is 1. The third-order valence-electron chi connectivity index (χ3n) is 6.58. The molecule has 0 unspecified atom stereocenters. The van der Waals surface area contributed by atoms with Crippen LogP contribution >= 0.6 is 0 Å². The van der Waals surface area contributed by atoms with Gasteiger partial charge in [-0.2, -0.15) is 0 Å². The maximum atomic E-state index is 13.2. The Kier molecular flexibility index (Phi) is 7.09. The molecular weight excluding hydrogens is 432 g/mol. The van der Waals surface area contributed by atoms with Gasteiger partial charge < -0.3 is 28.8 Å². The molecule has 0 saturated carbocycles. The van der Waals surface area contributed by atoms with Gasteiger partial charge in [-0.1, -0.05) is 30.3 Å². The molecule has 1 aliphatic heterocycles. The summed E-state index contributed by atoms with van der Waals surface area (Å²) in [5.74, 6) is 0. The smallest absolute Gasteiger partial charge is 0.412 e. The number of amides is 1. The molecule has 0 fully saturated rings. The quantitative estimate of drug-likeness (QED) is 0.481. The van der Waals surface area contributed by atoms with Crippen LogP contribution in [0.1, 0.15) is 48.9 Å². The van der Waals surface area contributed by atoms with Gasteiger partial charge in [-0.15, -0.1) is 0 Å². The van der Waals surface area contributed by atoms with Crippen LogP contribution in [0.4, 0.5) is 10.5 Å². The minimum Gasteiger partial charge on any atom is -0.418 e. The maximum absolute atomic E-state index is 13.2. The molecule has 1 aromatic carbocycles. The predicted octanol–water partition coefficient (Wildman–Crippen LogP) is 4.80. The second-order valence-corrected chi connectivity index (χ2v) is 8.54. The van der Waals surface area contributed by atoms with E-state index < -0.39 is 5.72 Å². The van der Waals surface area contributed by atoms with E-state index in [2.05, 4.69) is 15.8 Å². The van der Waals surface area contributed by atoms with E-state index in [1.807, 2.05) is 64.2 Å². The molecule has 0 spiro atoms. The van der Waals surface area contributed by atoms with Crippen molar-refractivity contribution in [3.63, 3.8) is 0 Å². The molecule has 0 radical (unpaired) electrons. The Morgan fingerprint density at radius 1 is 1.18 bits per heavy atom. The lowest BCUT2D eigenvalue weighted by Gasteiger charge is -2.43. The first kappa shape index (κ1) is 24.0. The number of pyridine rings is 1. The van der Waals surface area contributed by atoms with Crippen molar-refractivity contribution in [3.8, 4) is 0 Å². The zero-order valence-corrected chi connectivity index (χ0v) is 20.6. The highest BCUT2D eigenvalue weighted by Crippen LogP contribution is 2.47. The summed E-state index contributed by atoms with van der Waals surface area (Å²) in [6.45, 7) is 9.95. The van der Waals surface area contributed by atoms with Crippen LogP contribution in [0.5, 0.6) is 0 Å². The van der Waals surface area contributed by atoms with Gasteiger partial charge in [0.2, 0.25) is 5.72 Å². The zero-order chi connectivity index (χ0) is 24.3. The second kappa shape index (κ2) is 10.0. The molecule has 8 heteroatoms. The van der Waals surface area contributed by atoms with Gasteiger partial charge in [0.25, 0.3) is 0 Å². The average molecular weight is 467 g/mol. The number of nitrogens with zero attached hydrogens (tertiary/aromatic N) is 3. The standard InChI is InChI=1S/C26H34N4O4/c1-6-29(7-2)25(31)34-26(20-11-9-8-10-12-20)17-22(33-16-15-32-5)21-13-14-30-19(4)18(3)27-24(30)23(21)28-26/h8-14,22,28H,6-7,15-17H2,1-5H3/t22-,26-/m1/s1. The van der Waals surface area contributed by atoms with Crippen LogP contribution in [0.25, 0.3) is 5.65 Å². The molecule has 182 valence electrons. The van der Waals surface area contributed by atoms with E-state index in [4.69, 9.17) is 19.2 Å². The van der Waals surface area contributed by atoms with Crippen molar-refractivity contribution in [2.45, 2.75) is 45.9 Å². The summed E-state index contributed by atoms with van der Waals surface area (Å²) in [7, 11) is 1.65.